The molecule has 1 aliphatic rings. The molecule has 98 valence electrons. The smallest absolute Gasteiger partial charge is 0.354 e. The Balaban J connectivity index is 2.02. The first-order valence-corrected chi connectivity index (χ1v) is 6.21. The van der Waals surface area contributed by atoms with Crippen molar-refractivity contribution in [1.82, 2.24) is 4.98 Å². The van der Waals surface area contributed by atoms with Gasteiger partial charge in [0.15, 0.2) is 5.69 Å². The van der Waals surface area contributed by atoms with Gasteiger partial charge in [0.25, 0.3) is 0 Å². The van der Waals surface area contributed by atoms with E-state index in [2.05, 4.69) is 10.3 Å². The van der Waals surface area contributed by atoms with Crippen molar-refractivity contribution >= 4 is 22.6 Å². The van der Waals surface area contributed by atoms with Crippen LogP contribution < -0.4 is 5.32 Å². The number of hydrogen-bond acceptors (Lipinski definition) is 4. The van der Waals surface area contributed by atoms with E-state index < -0.39 is 5.97 Å². The Morgan fingerprint density at radius 1 is 1.32 bits per heavy atom. The molecule has 0 bridgehead atoms. The van der Waals surface area contributed by atoms with Gasteiger partial charge in [-0.15, -0.1) is 0 Å². The van der Waals surface area contributed by atoms with Gasteiger partial charge >= 0.3 is 5.97 Å². The largest absolute Gasteiger partial charge is 0.477 e. The lowest BCUT2D eigenvalue weighted by molar-refractivity contribution is 0.0690. The molecule has 3 N–H and O–H groups in total. The molecule has 0 atom stereocenters. The molecule has 0 saturated heterocycles. The Kier molecular flexibility index (Phi) is 2.83. The fourth-order valence-corrected chi connectivity index (χ4v) is 2.33. The zero-order valence-electron chi connectivity index (χ0n) is 10.2. The predicted octanol–water partition coefficient (Wildman–Crippen LogP) is 1.87. The lowest BCUT2D eigenvalue weighted by Gasteiger charge is -2.33. The van der Waals surface area contributed by atoms with Crippen molar-refractivity contribution < 1.29 is 15.0 Å². The molecule has 1 saturated carbocycles. The van der Waals surface area contributed by atoms with Crippen LogP contribution in [0.3, 0.4) is 0 Å². The van der Waals surface area contributed by atoms with Crippen molar-refractivity contribution in [2.45, 2.75) is 25.0 Å². The van der Waals surface area contributed by atoms with Gasteiger partial charge in [0.1, 0.15) is 0 Å². The number of fused-ring (bicyclic) bond motifs is 1. The first-order valence-electron chi connectivity index (χ1n) is 6.21. The van der Waals surface area contributed by atoms with Gasteiger partial charge in [0, 0.05) is 17.1 Å². The summed E-state index contributed by atoms with van der Waals surface area (Å²) in [5.41, 5.74) is 1.45. The Bertz CT molecular complexity index is 636. The van der Waals surface area contributed by atoms with Crippen LogP contribution >= 0.6 is 0 Å². The van der Waals surface area contributed by atoms with E-state index in [1.165, 1.54) is 0 Å². The first-order chi connectivity index (χ1) is 9.13. The standard InChI is InChI=1S/C14H14N2O3/c17-9-5-8(6-9)15-12-7-13(14(18)19)16-11-4-2-1-3-10(11)12/h1-4,7-9,17H,5-6H2,(H,15,16)(H,18,19). The average Bonchev–Trinajstić information content (AvgIpc) is 2.36. The van der Waals surface area contributed by atoms with Crippen molar-refractivity contribution in [3.05, 3.63) is 36.0 Å². The van der Waals surface area contributed by atoms with Crippen LogP contribution in [0.15, 0.2) is 30.3 Å². The van der Waals surface area contributed by atoms with E-state index in [-0.39, 0.29) is 17.8 Å². The number of nitrogens with zero attached hydrogens (tertiary/aromatic N) is 1. The normalized spacial score (nSPS) is 21.9. The lowest BCUT2D eigenvalue weighted by Crippen LogP contribution is -2.39. The molecule has 5 heteroatoms. The van der Waals surface area contributed by atoms with E-state index in [1.54, 1.807) is 12.1 Å². The number of para-hydroxylation sites is 1. The molecule has 0 unspecified atom stereocenters. The number of aromatic nitrogens is 1. The number of carboxylic acid groups (broad SMARTS) is 1. The van der Waals surface area contributed by atoms with Crippen LogP contribution in [0.4, 0.5) is 5.69 Å². The maximum absolute atomic E-state index is 11.1. The van der Waals surface area contributed by atoms with Crippen LogP contribution in [0.1, 0.15) is 23.3 Å². The molecule has 1 aliphatic carbocycles. The minimum absolute atomic E-state index is 0.0288. The van der Waals surface area contributed by atoms with Crippen molar-refractivity contribution in [3.63, 3.8) is 0 Å². The van der Waals surface area contributed by atoms with Crippen molar-refractivity contribution in [1.29, 1.82) is 0 Å². The van der Waals surface area contributed by atoms with E-state index in [1.807, 2.05) is 18.2 Å². The zero-order chi connectivity index (χ0) is 13.4. The molecule has 3 rings (SSSR count). The van der Waals surface area contributed by atoms with Gasteiger partial charge in [0.05, 0.1) is 11.6 Å². The Morgan fingerprint density at radius 3 is 2.74 bits per heavy atom. The third-order valence-corrected chi connectivity index (χ3v) is 3.41. The average molecular weight is 258 g/mol. The molecule has 0 radical (unpaired) electrons. The van der Waals surface area contributed by atoms with Crippen LogP contribution in [-0.2, 0) is 0 Å². The Labute approximate surface area is 109 Å². The minimum atomic E-state index is -1.04. The highest BCUT2D eigenvalue weighted by atomic mass is 16.4. The molecule has 5 nitrogen and oxygen atoms in total. The van der Waals surface area contributed by atoms with Gasteiger partial charge in [-0.25, -0.2) is 9.78 Å². The predicted molar refractivity (Wildman–Crippen MR) is 71.4 cm³/mol. The second-order valence-corrected chi connectivity index (χ2v) is 4.84. The molecular weight excluding hydrogens is 244 g/mol. The van der Waals surface area contributed by atoms with Gasteiger partial charge in [-0.1, -0.05) is 18.2 Å². The number of rotatable bonds is 3. The number of carboxylic acids is 1. The summed E-state index contributed by atoms with van der Waals surface area (Å²) in [5, 5.41) is 22.6. The highest BCUT2D eigenvalue weighted by Crippen LogP contribution is 2.29. The number of anilines is 1. The third-order valence-electron chi connectivity index (χ3n) is 3.41. The minimum Gasteiger partial charge on any atom is -0.477 e. The maximum Gasteiger partial charge on any atom is 0.354 e. The summed E-state index contributed by atoms with van der Waals surface area (Å²) in [6, 6.07) is 9.18. The van der Waals surface area contributed by atoms with E-state index in [9.17, 15) is 9.90 Å². The van der Waals surface area contributed by atoms with Crippen LogP contribution in [0.2, 0.25) is 0 Å². The van der Waals surface area contributed by atoms with Gasteiger partial charge in [-0.3, -0.25) is 0 Å². The molecule has 1 fully saturated rings. The van der Waals surface area contributed by atoms with E-state index in [4.69, 9.17) is 5.11 Å². The molecule has 0 spiro atoms. The number of carbonyl (C=O) groups is 1. The highest BCUT2D eigenvalue weighted by molar-refractivity contribution is 5.97. The van der Waals surface area contributed by atoms with Gasteiger partial charge in [-0.2, -0.15) is 0 Å². The van der Waals surface area contributed by atoms with Crippen LogP contribution in [0, 0.1) is 0 Å². The second kappa shape index (κ2) is 4.51. The quantitative estimate of drug-likeness (QED) is 0.782. The summed E-state index contributed by atoms with van der Waals surface area (Å²) in [4.78, 5) is 15.2. The number of pyridine rings is 1. The number of benzene rings is 1. The Hall–Kier alpha value is -2.14. The van der Waals surface area contributed by atoms with Crippen LogP contribution in [0.5, 0.6) is 0 Å². The fraction of sp³-hybridized carbons (Fsp3) is 0.286. The number of aliphatic hydroxyl groups excluding tert-OH is 1. The van der Waals surface area contributed by atoms with Gasteiger partial charge in [-0.05, 0) is 25.0 Å². The number of hydrogen-bond donors (Lipinski definition) is 3. The van der Waals surface area contributed by atoms with Crippen LogP contribution in [0.25, 0.3) is 10.9 Å². The second-order valence-electron chi connectivity index (χ2n) is 4.84. The Morgan fingerprint density at radius 2 is 2.05 bits per heavy atom. The summed E-state index contributed by atoms with van der Waals surface area (Å²) in [7, 11) is 0. The number of nitrogens with one attached hydrogen (secondary N) is 1. The molecule has 0 amide bonds. The SMILES string of the molecule is O=C(O)c1cc(NC2CC(O)C2)c2ccccc2n1. The van der Waals surface area contributed by atoms with Gasteiger partial charge < -0.3 is 15.5 Å². The maximum atomic E-state index is 11.1. The molecule has 19 heavy (non-hydrogen) atoms. The van der Waals surface area contributed by atoms with E-state index in [0.29, 0.717) is 18.4 Å². The fourth-order valence-electron chi connectivity index (χ4n) is 2.33. The lowest BCUT2D eigenvalue weighted by atomic mass is 9.89. The van der Waals surface area contributed by atoms with E-state index in [0.717, 1.165) is 11.1 Å². The third kappa shape index (κ3) is 2.24. The van der Waals surface area contributed by atoms with Crippen molar-refractivity contribution in [2.75, 3.05) is 5.32 Å². The molecule has 0 aliphatic heterocycles. The number of aromatic carboxylic acids is 1. The van der Waals surface area contributed by atoms with E-state index >= 15 is 0 Å². The molecule has 1 heterocycles. The summed E-state index contributed by atoms with van der Waals surface area (Å²) < 4.78 is 0. The van der Waals surface area contributed by atoms with Gasteiger partial charge in [0.2, 0.25) is 0 Å². The summed E-state index contributed by atoms with van der Waals surface area (Å²) >= 11 is 0. The first kappa shape index (κ1) is 11.9. The summed E-state index contributed by atoms with van der Waals surface area (Å²) in [5.74, 6) is -1.04. The molecular formula is C14H14N2O3. The zero-order valence-corrected chi connectivity index (χ0v) is 10.2. The highest BCUT2D eigenvalue weighted by Gasteiger charge is 2.27. The molecule has 1 aromatic heterocycles. The van der Waals surface area contributed by atoms with Crippen LogP contribution in [-0.4, -0.2) is 33.3 Å². The van der Waals surface area contributed by atoms with Crippen molar-refractivity contribution in [3.8, 4) is 0 Å². The van der Waals surface area contributed by atoms with Crippen molar-refractivity contribution in [2.24, 2.45) is 0 Å². The summed E-state index contributed by atoms with van der Waals surface area (Å²) in [6.07, 6.45) is 1.14. The molecule has 2 aromatic rings. The number of aliphatic hydroxyl groups is 1. The monoisotopic (exact) mass is 258 g/mol. The summed E-state index contributed by atoms with van der Waals surface area (Å²) in [6.45, 7) is 0. The topological polar surface area (TPSA) is 82.5 Å². The molecule has 1 aromatic carbocycles.